The fourth-order valence-corrected chi connectivity index (χ4v) is 4.47. The number of hydrogen-bond donors (Lipinski definition) is 0. The van der Waals surface area contributed by atoms with Gasteiger partial charge in [0.15, 0.2) is 8.32 Å². The lowest BCUT2D eigenvalue weighted by molar-refractivity contribution is 0.136. The maximum absolute atomic E-state index is 6.46. The van der Waals surface area contributed by atoms with E-state index in [2.05, 4.69) is 60.7 Å². The summed E-state index contributed by atoms with van der Waals surface area (Å²) in [5, 5.41) is 0. The first-order valence-electron chi connectivity index (χ1n) is 6.87. The maximum atomic E-state index is 6.46. The first-order chi connectivity index (χ1) is 8.42. The number of rotatable bonds is 4. The Labute approximate surface area is 120 Å². The van der Waals surface area contributed by atoms with Gasteiger partial charge in [-0.1, -0.05) is 41.4 Å². The molecule has 0 heterocycles. The van der Waals surface area contributed by atoms with Crippen molar-refractivity contribution in [2.24, 2.45) is 5.92 Å². The second-order valence-corrected chi connectivity index (χ2v) is 11.5. The highest BCUT2D eigenvalue weighted by Gasteiger charge is 2.36. The second kappa shape index (κ2) is 5.47. The SMILES string of the molecule is CCCC1Cc2c(Br)cccc2C1O[Si](C)(C)C. The minimum Gasteiger partial charge on any atom is -0.410 e. The maximum Gasteiger partial charge on any atom is 0.184 e. The van der Waals surface area contributed by atoms with Crippen LogP contribution in [-0.2, 0) is 10.8 Å². The van der Waals surface area contributed by atoms with Crippen molar-refractivity contribution in [3.8, 4) is 0 Å². The zero-order valence-corrected chi connectivity index (χ0v) is 14.4. The van der Waals surface area contributed by atoms with Crippen LogP contribution in [0.1, 0.15) is 37.0 Å². The summed E-state index contributed by atoms with van der Waals surface area (Å²) in [5.41, 5.74) is 2.89. The van der Waals surface area contributed by atoms with Gasteiger partial charge in [0.25, 0.3) is 0 Å². The lowest BCUT2D eigenvalue weighted by atomic mass is 9.98. The van der Waals surface area contributed by atoms with E-state index in [1.54, 1.807) is 0 Å². The Bertz CT molecular complexity index is 425. The van der Waals surface area contributed by atoms with E-state index in [9.17, 15) is 0 Å². The number of fused-ring (bicyclic) bond motifs is 1. The van der Waals surface area contributed by atoms with Crippen LogP contribution in [0.3, 0.4) is 0 Å². The zero-order chi connectivity index (χ0) is 13.3. The molecule has 0 N–H and O–H groups in total. The molecule has 2 atom stereocenters. The Hall–Kier alpha value is -0.123. The van der Waals surface area contributed by atoms with Gasteiger partial charge in [-0.3, -0.25) is 0 Å². The van der Waals surface area contributed by atoms with Gasteiger partial charge < -0.3 is 4.43 Å². The highest BCUT2D eigenvalue weighted by atomic mass is 79.9. The van der Waals surface area contributed by atoms with Gasteiger partial charge in [-0.2, -0.15) is 0 Å². The molecule has 2 unspecified atom stereocenters. The lowest BCUT2D eigenvalue weighted by Crippen LogP contribution is -2.29. The molecule has 1 aliphatic rings. The lowest BCUT2D eigenvalue weighted by Gasteiger charge is -2.28. The number of benzene rings is 1. The van der Waals surface area contributed by atoms with Gasteiger partial charge >= 0.3 is 0 Å². The topological polar surface area (TPSA) is 9.23 Å². The monoisotopic (exact) mass is 326 g/mol. The molecule has 0 amide bonds. The van der Waals surface area contributed by atoms with E-state index in [-0.39, 0.29) is 0 Å². The largest absolute Gasteiger partial charge is 0.410 e. The molecule has 0 fully saturated rings. The van der Waals surface area contributed by atoms with Crippen molar-refractivity contribution in [2.75, 3.05) is 0 Å². The van der Waals surface area contributed by atoms with E-state index in [4.69, 9.17) is 4.43 Å². The molecule has 0 bridgehead atoms. The molecule has 3 heteroatoms. The first-order valence-corrected chi connectivity index (χ1v) is 11.1. The van der Waals surface area contributed by atoms with E-state index < -0.39 is 8.32 Å². The van der Waals surface area contributed by atoms with Crippen molar-refractivity contribution in [3.63, 3.8) is 0 Å². The molecule has 1 aliphatic carbocycles. The average molecular weight is 327 g/mol. The van der Waals surface area contributed by atoms with E-state index >= 15 is 0 Å². The van der Waals surface area contributed by atoms with Gasteiger partial charge in [0.2, 0.25) is 0 Å². The molecule has 18 heavy (non-hydrogen) atoms. The Balaban J connectivity index is 2.31. The smallest absolute Gasteiger partial charge is 0.184 e. The molecule has 2 rings (SSSR count). The van der Waals surface area contributed by atoms with Crippen LogP contribution in [0.15, 0.2) is 22.7 Å². The van der Waals surface area contributed by atoms with Crippen molar-refractivity contribution in [2.45, 2.75) is 51.9 Å². The van der Waals surface area contributed by atoms with Crippen LogP contribution in [0.2, 0.25) is 19.6 Å². The summed E-state index contributed by atoms with van der Waals surface area (Å²) >= 11 is 3.69. The summed E-state index contributed by atoms with van der Waals surface area (Å²) in [6.45, 7) is 9.12. The fourth-order valence-electron chi connectivity index (χ4n) is 2.85. The summed E-state index contributed by atoms with van der Waals surface area (Å²) < 4.78 is 7.72. The molecular formula is C15H23BrOSi. The Morgan fingerprint density at radius 2 is 2.06 bits per heavy atom. The molecule has 1 aromatic rings. The second-order valence-electron chi connectivity index (χ2n) is 6.21. The normalized spacial score (nSPS) is 23.2. The van der Waals surface area contributed by atoms with Crippen LogP contribution in [0.4, 0.5) is 0 Å². The fraction of sp³-hybridized carbons (Fsp3) is 0.600. The van der Waals surface area contributed by atoms with Crippen LogP contribution < -0.4 is 0 Å². The van der Waals surface area contributed by atoms with E-state index in [0.29, 0.717) is 12.0 Å². The number of halogens is 1. The van der Waals surface area contributed by atoms with Crippen LogP contribution in [0.5, 0.6) is 0 Å². The third kappa shape index (κ3) is 3.06. The van der Waals surface area contributed by atoms with Crippen LogP contribution in [0, 0.1) is 5.92 Å². The minimum atomic E-state index is -1.49. The van der Waals surface area contributed by atoms with Gasteiger partial charge in [-0.15, -0.1) is 0 Å². The van der Waals surface area contributed by atoms with Gasteiger partial charge in [-0.25, -0.2) is 0 Å². The summed E-state index contributed by atoms with van der Waals surface area (Å²) in [7, 11) is -1.49. The molecular weight excluding hydrogens is 304 g/mol. The van der Waals surface area contributed by atoms with E-state index in [1.165, 1.54) is 34.9 Å². The van der Waals surface area contributed by atoms with Crippen molar-refractivity contribution in [1.82, 2.24) is 0 Å². The predicted octanol–water partition coefficient (Wildman–Crippen LogP) is 5.31. The summed E-state index contributed by atoms with van der Waals surface area (Å²) in [5.74, 6) is 0.662. The van der Waals surface area contributed by atoms with Gasteiger partial charge in [0.05, 0.1) is 6.10 Å². The molecule has 0 saturated heterocycles. The van der Waals surface area contributed by atoms with Crippen molar-refractivity contribution in [1.29, 1.82) is 0 Å². The quantitative estimate of drug-likeness (QED) is 0.681. The van der Waals surface area contributed by atoms with Crippen LogP contribution >= 0.6 is 15.9 Å². The third-order valence-electron chi connectivity index (χ3n) is 3.50. The summed E-state index contributed by atoms with van der Waals surface area (Å²) in [4.78, 5) is 0. The summed E-state index contributed by atoms with van der Waals surface area (Å²) in [6, 6.07) is 6.54. The van der Waals surface area contributed by atoms with Gasteiger partial charge in [0.1, 0.15) is 0 Å². The zero-order valence-electron chi connectivity index (χ0n) is 11.8. The van der Waals surface area contributed by atoms with Gasteiger partial charge in [0, 0.05) is 4.47 Å². The molecule has 0 aromatic heterocycles. The van der Waals surface area contributed by atoms with Crippen molar-refractivity contribution in [3.05, 3.63) is 33.8 Å². The molecule has 100 valence electrons. The summed E-state index contributed by atoms with van der Waals surface area (Å²) in [6.07, 6.45) is 3.99. The minimum absolute atomic E-state index is 0.323. The highest BCUT2D eigenvalue weighted by molar-refractivity contribution is 9.10. The Kier molecular flexibility index (Phi) is 4.35. The van der Waals surface area contributed by atoms with Crippen LogP contribution in [-0.4, -0.2) is 8.32 Å². The highest BCUT2D eigenvalue weighted by Crippen LogP contribution is 2.44. The first kappa shape index (κ1) is 14.3. The molecule has 0 saturated carbocycles. The predicted molar refractivity (Wildman–Crippen MR) is 83.4 cm³/mol. The van der Waals surface area contributed by atoms with E-state index in [0.717, 1.165) is 0 Å². The van der Waals surface area contributed by atoms with Crippen LogP contribution in [0.25, 0.3) is 0 Å². The molecule has 0 aliphatic heterocycles. The Morgan fingerprint density at radius 1 is 1.33 bits per heavy atom. The number of hydrogen-bond acceptors (Lipinski definition) is 1. The molecule has 1 nitrogen and oxygen atoms in total. The molecule has 0 radical (unpaired) electrons. The average Bonchev–Trinajstić information content (AvgIpc) is 2.58. The molecule has 0 spiro atoms. The van der Waals surface area contributed by atoms with E-state index in [1.807, 2.05) is 0 Å². The van der Waals surface area contributed by atoms with Gasteiger partial charge in [-0.05, 0) is 55.6 Å². The van der Waals surface area contributed by atoms with Crippen molar-refractivity contribution >= 4 is 24.2 Å². The standard InChI is InChI=1S/C15H23BrOSi/c1-5-7-11-10-13-12(8-6-9-14(13)16)15(11)17-18(2,3)4/h6,8-9,11,15H,5,7,10H2,1-4H3. The third-order valence-corrected chi connectivity index (χ3v) is 5.20. The molecule has 1 aromatic carbocycles. The van der Waals surface area contributed by atoms with Crippen molar-refractivity contribution < 1.29 is 4.43 Å². The Morgan fingerprint density at radius 3 is 2.67 bits per heavy atom.